The van der Waals surface area contributed by atoms with E-state index in [-0.39, 0.29) is 11.7 Å². The number of hydrogen-bond donors (Lipinski definition) is 2. The zero-order chi connectivity index (χ0) is 14.9. The molecule has 7 heteroatoms. The molecule has 20 heavy (non-hydrogen) atoms. The predicted octanol–water partition coefficient (Wildman–Crippen LogP) is 0.831. The van der Waals surface area contributed by atoms with Crippen molar-refractivity contribution in [1.29, 1.82) is 5.26 Å². The monoisotopic (exact) mass is 293 g/mol. The molecule has 1 amide bonds. The lowest BCUT2D eigenvalue weighted by atomic mass is 10.2. The van der Waals surface area contributed by atoms with Gasteiger partial charge in [-0.15, -0.1) is 11.3 Å². The Morgan fingerprint density at radius 2 is 2.20 bits per heavy atom. The van der Waals surface area contributed by atoms with E-state index in [0.29, 0.717) is 10.4 Å². The molecule has 0 radical (unpaired) electrons. The first-order chi connectivity index (χ1) is 9.45. The molecule has 1 atom stereocenters. The number of nitriles is 1. The lowest BCUT2D eigenvalue weighted by Gasteiger charge is -2.29. The molecule has 0 aliphatic carbocycles. The second-order valence-corrected chi connectivity index (χ2v) is 6.16. The summed E-state index contributed by atoms with van der Waals surface area (Å²) < 4.78 is 0. The quantitative estimate of drug-likeness (QED) is 0.841. The summed E-state index contributed by atoms with van der Waals surface area (Å²) in [5.74, 6) is -0.569. The van der Waals surface area contributed by atoms with Crippen LogP contribution >= 0.6 is 11.3 Å². The largest absolute Gasteiger partial charge is 0.396 e. The smallest absolute Gasteiger partial charge is 0.253 e. The van der Waals surface area contributed by atoms with Gasteiger partial charge in [0.05, 0.1) is 11.3 Å². The normalized spacial score (nSPS) is 20.4. The molecule has 4 N–H and O–H groups in total. The first-order valence-corrected chi connectivity index (χ1v) is 7.34. The topological polar surface area (TPSA) is 99.4 Å². The SMILES string of the molecule is CC1CN(C)CCCN1c1sc(C#N)c(N)c1C(N)=O. The molecule has 0 bridgehead atoms. The molecule has 1 fully saturated rings. The van der Waals surface area contributed by atoms with E-state index in [1.807, 2.05) is 6.07 Å². The minimum absolute atomic E-state index is 0.213. The van der Waals surface area contributed by atoms with Crippen molar-refractivity contribution < 1.29 is 4.79 Å². The van der Waals surface area contributed by atoms with Crippen LogP contribution in [0.4, 0.5) is 10.7 Å². The fraction of sp³-hybridized carbons (Fsp3) is 0.538. The predicted molar refractivity (Wildman–Crippen MR) is 80.9 cm³/mol. The Hall–Kier alpha value is -1.78. The molecule has 2 rings (SSSR count). The first-order valence-electron chi connectivity index (χ1n) is 6.53. The number of nitrogens with zero attached hydrogens (tertiary/aromatic N) is 3. The van der Waals surface area contributed by atoms with E-state index >= 15 is 0 Å². The van der Waals surface area contributed by atoms with Crippen molar-refractivity contribution in [2.75, 3.05) is 37.3 Å². The molecule has 1 aliphatic rings. The van der Waals surface area contributed by atoms with Crippen LogP contribution in [0.1, 0.15) is 28.6 Å². The number of hydrogen-bond acceptors (Lipinski definition) is 6. The number of carbonyl (C=O) groups is 1. The van der Waals surface area contributed by atoms with E-state index in [4.69, 9.17) is 16.7 Å². The number of nitrogen functional groups attached to an aromatic ring is 1. The molecule has 1 aromatic heterocycles. The van der Waals surface area contributed by atoms with Gasteiger partial charge < -0.3 is 21.3 Å². The van der Waals surface area contributed by atoms with Crippen LogP contribution in [0.2, 0.25) is 0 Å². The lowest BCUT2D eigenvalue weighted by molar-refractivity contribution is 0.100. The average Bonchev–Trinajstić information content (AvgIpc) is 2.61. The number of carbonyl (C=O) groups excluding carboxylic acids is 1. The van der Waals surface area contributed by atoms with Gasteiger partial charge in [0.2, 0.25) is 0 Å². The maximum Gasteiger partial charge on any atom is 0.253 e. The van der Waals surface area contributed by atoms with E-state index in [0.717, 1.165) is 31.1 Å². The number of amides is 1. The molecule has 1 aliphatic heterocycles. The summed E-state index contributed by atoms with van der Waals surface area (Å²) >= 11 is 1.26. The molecule has 1 aromatic rings. The van der Waals surface area contributed by atoms with Gasteiger partial charge in [0.25, 0.3) is 5.91 Å². The number of likely N-dealkylation sites (N-methyl/N-ethyl adjacent to an activating group) is 1. The van der Waals surface area contributed by atoms with Gasteiger partial charge in [0.1, 0.15) is 15.9 Å². The van der Waals surface area contributed by atoms with E-state index < -0.39 is 5.91 Å². The van der Waals surface area contributed by atoms with Crippen molar-refractivity contribution in [1.82, 2.24) is 4.90 Å². The second kappa shape index (κ2) is 5.69. The van der Waals surface area contributed by atoms with Crippen LogP contribution in [-0.4, -0.2) is 43.5 Å². The molecule has 6 nitrogen and oxygen atoms in total. The highest BCUT2D eigenvalue weighted by Gasteiger charge is 2.28. The fourth-order valence-electron chi connectivity index (χ4n) is 2.63. The van der Waals surface area contributed by atoms with Crippen LogP contribution in [0.5, 0.6) is 0 Å². The van der Waals surface area contributed by atoms with Crippen molar-refractivity contribution in [2.24, 2.45) is 5.73 Å². The van der Waals surface area contributed by atoms with Crippen molar-refractivity contribution in [3.8, 4) is 6.07 Å². The van der Waals surface area contributed by atoms with Gasteiger partial charge in [0, 0.05) is 19.1 Å². The summed E-state index contributed by atoms with van der Waals surface area (Å²) in [6, 6.07) is 2.28. The Kier molecular flexibility index (Phi) is 4.16. The number of rotatable bonds is 2. The van der Waals surface area contributed by atoms with E-state index in [9.17, 15) is 4.79 Å². The van der Waals surface area contributed by atoms with Crippen LogP contribution in [-0.2, 0) is 0 Å². The first kappa shape index (κ1) is 14.6. The highest BCUT2D eigenvalue weighted by Crippen LogP contribution is 2.39. The summed E-state index contributed by atoms with van der Waals surface area (Å²) in [7, 11) is 2.08. The fourth-order valence-corrected chi connectivity index (χ4v) is 3.78. The van der Waals surface area contributed by atoms with Gasteiger partial charge >= 0.3 is 0 Å². The number of primary amides is 1. The Morgan fingerprint density at radius 3 is 2.80 bits per heavy atom. The van der Waals surface area contributed by atoms with Crippen molar-refractivity contribution in [2.45, 2.75) is 19.4 Å². The highest BCUT2D eigenvalue weighted by molar-refractivity contribution is 7.17. The number of anilines is 2. The zero-order valence-corrected chi connectivity index (χ0v) is 12.5. The van der Waals surface area contributed by atoms with E-state index in [1.165, 1.54) is 11.3 Å². The van der Waals surface area contributed by atoms with Crippen LogP contribution in [0.15, 0.2) is 0 Å². The van der Waals surface area contributed by atoms with Gasteiger partial charge in [-0.2, -0.15) is 5.26 Å². The minimum atomic E-state index is -0.569. The maximum atomic E-state index is 11.7. The summed E-state index contributed by atoms with van der Waals surface area (Å²) in [5, 5.41) is 9.83. The highest BCUT2D eigenvalue weighted by atomic mass is 32.1. The zero-order valence-electron chi connectivity index (χ0n) is 11.7. The Balaban J connectivity index is 2.46. The third-order valence-electron chi connectivity index (χ3n) is 3.58. The van der Waals surface area contributed by atoms with E-state index in [1.54, 1.807) is 0 Å². The van der Waals surface area contributed by atoms with Gasteiger partial charge in [-0.3, -0.25) is 4.79 Å². The number of nitrogens with two attached hydrogens (primary N) is 2. The van der Waals surface area contributed by atoms with E-state index in [2.05, 4.69) is 23.8 Å². The van der Waals surface area contributed by atoms with Gasteiger partial charge in [0.15, 0.2) is 0 Å². The van der Waals surface area contributed by atoms with Gasteiger partial charge in [-0.1, -0.05) is 0 Å². The Bertz CT molecular complexity index is 562. The molecular formula is C13H19N5OS. The summed E-state index contributed by atoms with van der Waals surface area (Å²) in [6.07, 6.45) is 0.999. The summed E-state index contributed by atoms with van der Waals surface area (Å²) in [5.41, 5.74) is 11.8. The molecule has 108 valence electrons. The molecule has 0 saturated carbocycles. The molecule has 1 saturated heterocycles. The average molecular weight is 293 g/mol. The van der Waals surface area contributed by atoms with Crippen LogP contribution < -0.4 is 16.4 Å². The van der Waals surface area contributed by atoms with Crippen molar-refractivity contribution in [3.63, 3.8) is 0 Å². The third kappa shape index (κ3) is 2.57. The molecule has 1 unspecified atom stereocenters. The lowest BCUT2D eigenvalue weighted by Crippen LogP contribution is -2.38. The molecule has 0 aromatic carbocycles. The molecule has 2 heterocycles. The molecule has 0 spiro atoms. The van der Waals surface area contributed by atoms with Crippen LogP contribution in [0.25, 0.3) is 0 Å². The van der Waals surface area contributed by atoms with Gasteiger partial charge in [-0.05, 0) is 26.9 Å². The van der Waals surface area contributed by atoms with Crippen molar-refractivity contribution in [3.05, 3.63) is 10.4 Å². The van der Waals surface area contributed by atoms with Crippen molar-refractivity contribution >= 4 is 27.9 Å². The van der Waals surface area contributed by atoms with Gasteiger partial charge in [-0.25, -0.2) is 0 Å². The standard InChI is InChI=1S/C13H19N5OS/c1-8-7-17(2)4-3-5-18(8)13-10(12(16)19)11(15)9(6-14)20-13/h8H,3-5,7,15H2,1-2H3,(H2,16,19). The maximum absolute atomic E-state index is 11.7. The Morgan fingerprint density at radius 1 is 1.50 bits per heavy atom. The summed E-state index contributed by atoms with van der Waals surface area (Å²) in [4.78, 5) is 16.4. The van der Waals surface area contributed by atoms with Crippen LogP contribution in [0, 0.1) is 11.3 Å². The third-order valence-corrected chi connectivity index (χ3v) is 4.73. The second-order valence-electron chi connectivity index (χ2n) is 5.16. The molecular weight excluding hydrogens is 274 g/mol. The van der Waals surface area contributed by atoms with Crippen LogP contribution in [0.3, 0.4) is 0 Å². The summed E-state index contributed by atoms with van der Waals surface area (Å²) in [6.45, 7) is 4.85. The number of thiophene rings is 1. The Labute approximate surface area is 122 Å². The minimum Gasteiger partial charge on any atom is -0.396 e.